The molecule has 0 saturated heterocycles. The van der Waals surface area contributed by atoms with Crippen molar-refractivity contribution < 1.29 is 0 Å². The maximum Gasteiger partial charge on any atom is 0.225 e. The van der Waals surface area contributed by atoms with Crippen LogP contribution in [0, 0.1) is 6.92 Å². The molecule has 0 saturated carbocycles. The average molecular weight is 332 g/mol. The van der Waals surface area contributed by atoms with Crippen molar-refractivity contribution >= 4 is 17.5 Å². The van der Waals surface area contributed by atoms with Crippen LogP contribution < -0.4 is 10.6 Å². The lowest BCUT2D eigenvalue weighted by Gasteiger charge is -2.15. The zero-order valence-electron chi connectivity index (χ0n) is 15.0. The molecule has 0 amide bonds. The molecule has 0 unspecified atom stereocenters. The van der Waals surface area contributed by atoms with Crippen LogP contribution in [0.3, 0.4) is 0 Å². The third-order valence-electron chi connectivity index (χ3n) is 4.19. The fraction of sp³-hybridized carbons (Fsp3) is 0.238. The number of aromatic nitrogens is 2. The van der Waals surface area contributed by atoms with Crippen LogP contribution in [0.15, 0.2) is 60.7 Å². The van der Waals surface area contributed by atoms with E-state index in [1.54, 1.807) is 0 Å². The largest absolute Gasteiger partial charge is 0.352 e. The topological polar surface area (TPSA) is 49.8 Å². The van der Waals surface area contributed by atoms with Gasteiger partial charge in [-0.05, 0) is 31.9 Å². The summed E-state index contributed by atoms with van der Waals surface area (Å²) in [6.45, 7) is 6.36. The van der Waals surface area contributed by atoms with Gasteiger partial charge in [0.05, 0.1) is 5.69 Å². The highest BCUT2D eigenvalue weighted by Crippen LogP contribution is 2.25. The molecule has 0 aliphatic heterocycles. The van der Waals surface area contributed by atoms with Crippen LogP contribution in [0.1, 0.15) is 25.8 Å². The second-order valence-corrected chi connectivity index (χ2v) is 6.22. The molecular weight excluding hydrogens is 308 g/mol. The van der Waals surface area contributed by atoms with Crippen molar-refractivity contribution in [1.82, 2.24) is 9.97 Å². The van der Waals surface area contributed by atoms with Gasteiger partial charge in [0.2, 0.25) is 5.95 Å². The van der Waals surface area contributed by atoms with Crippen LogP contribution in [0.2, 0.25) is 0 Å². The van der Waals surface area contributed by atoms with Gasteiger partial charge in [0, 0.05) is 23.4 Å². The SMILES string of the molecule is CC[C@H](C)Nc1nc(Nc2ccccc2C)cc(-c2ccccc2)n1. The van der Waals surface area contributed by atoms with Crippen molar-refractivity contribution in [2.24, 2.45) is 0 Å². The molecule has 0 radical (unpaired) electrons. The minimum Gasteiger partial charge on any atom is -0.352 e. The molecule has 3 aromatic rings. The second-order valence-electron chi connectivity index (χ2n) is 6.22. The van der Waals surface area contributed by atoms with Crippen LogP contribution in [0.25, 0.3) is 11.3 Å². The molecule has 2 aromatic carbocycles. The fourth-order valence-electron chi connectivity index (χ4n) is 2.51. The number of rotatable bonds is 6. The number of para-hydroxylation sites is 1. The quantitative estimate of drug-likeness (QED) is 0.634. The Balaban J connectivity index is 1.99. The summed E-state index contributed by atoms with van der Waals surface area (Å²) in [7, 11) is 0. The standard InChI is InChI=1S/C21H24N4/c1-4-16(3)22-21-24-19(17-11-6-5-7-12-17)14-20(25-21)23-18-13-9-8-10-15(18)2/h5-14,16H,4H2,1-3H3,(H2,22,23,24,25)/t16-/m0/s1. The molecule has 0 spiro atoms. The highest BCUT2D eigenvalue weighted by atomic mass is 15.2. The molecule has 1 heterocycles. The van der Waals surface area contributed by atoms with E-state index in [2.05, 4.69) is 60.7 Å². The summed E-state index contributed by atoms with van der Waals surface area (Å²) in [5, 5.41) is 6.80. The minimum atomic E-state index is 0.317. The van der Waals surface area contributed by atoms with Crippen molar-refractivity contribution in [2.45, 2.75) is 33.2 Å². The molecule has 4 nitrogen and oxygen atoms in total. The van der Waals surface area contributed by atoms with Gasteiger partial charge in [0.25, 0.3) is 0 Å². The Morgan fingerprint density at radius 1 is 0.960 bits per heavy atom. The molecule has 0 aliphatic rings. The maximum atomic E-state index is 4.69. The lowest BCUT2D eigenvalue weighted by Crippen LogP contribution is -2.16. The number of aryl methyl sites for hydroxylation is 1. The van der Waals surface area contributed by atoms with Crippen LogP contribution in [-0.2, 0) is 0 Å². The summed E-state index contributed by atoms with van der Waals surface area (Å²) in [5.74, 6) is 1.43. The first-order valence-electron chi connectivity index (χ1n) is 8.69. The predicted molar refractivity (Wildman–Crippen MR) is 105 cm³/mol. The van der Waals surface area contributed by atoms with Gasteiger partial charge in [-0.1, -0.05) is 55.5 Å². The molecule has 0 fully saturated rings. The third kappa shape index (κ3) is 4.35. The minimum absolute atomic E-state index is 0.317. The van der Waals surface area contributed by atoms with E-state index in [4.69, 9.17) is 4.98 Å². The van der Waals surface area contributed by atoms with E-state index in [0.717, 1.165) is 29.2 Å². The molecular formula is C21H24N4. The average Bonchev–Trinajstić information content (AvgIpc) is 2.64. The van der Waals surface area contributed by atoms with Gasteiger partial charge in [-0.3, -0.25) is 0 Å². The van der Waals surface area contributed by atoms with E-state index >= 15 is 0 Å². The molecule has 2 N–H and O–H groups in total. The van der Waals surface area contributed by atoms with E-state index in [1.807, 2.05) is 36.4 Å². The lowest BCUT2D eigenvalue weighted by atomic mass is 10.1. The highest BCUT2D eigenvalue weighted by molar-refractivity contribution is 5.68. The van der Waals surface area contributed by atoms with Gasteiger partial charge in [-0.15, -0.1) is 0 Å². The first kappa shape index (κ1) is 17.0. The van der Waals surface area contributed by atoms with Crippen molar-refractivity contribution in [3.63, 3.8) is 0 Å². The summed E-state index contributed by atoms with van der Waals surface area (Å²) >= 11 is 0. The van der Waals surface area contributed by atoms with Crippen molar-refractivity contribution in [3.05, 3.63) is 66.2 Å². The molecule has 3 rings (SSSR count). The number of nitrogens with zero attached hydrogens (tertiary/aromatic N) is 2. The van der Waals surface area contributed by atoms with Crippen molar-refractivity contribution in [2.75, 3.05) is 10.6 Å². The van der Waals surface area contributed by atoms with Crippen LogP contribution in [0.4, 0.5) is 17.5 Å². The molecule has 1 atom stereocenters. The molecule has 0 bridgehead atoms. The van der Waals surface area contributed by atoms with E-state index in [-0.39, 0.29) is 0 Å². The Kier molecular flexibility index (Phi) is 5.29. The number of benzene rings is 2. The lowest BCUT2D eigenvalue weighted by molar-refractivity contribution is 0.753. The molecule has 0 aliphatic carbocycles. The first-order valence-corrected chi connectivity index (χ1v) is 8.69. The zero-order valence-corrected chi connectivity index (χ0v) is 15.0. The van der Waals surface area contributed by atoms with Gasteiger partial charge in [0.1, 0.15) is 5.82 Å². The number of nitrogens with one attached hydrogen (secondary N) is 2. The van der Waals surface area contributed by atoms with Gasteiger partial charge >= 0.3 is 0 Å². The van der Waals surface area contributed by atoms with E-state index in [9.17, 15) is 0 Å². The highest BCUT2D eigenvalue weighted by Gasteiger charge is 2.09. The molecule has 128 valence electrons. The van der Waals surface area contributed by atoms with Gasteiger partial charge in [-0.2, -0.15) is 4.98 Å². The molecule has 1 aromatic heterocycles. The summed E-state index contributed by atoms with van der Waals surface area (Å²) in [6.07, 6.45) is 1.01. The third-order valence-corrected chi connectivity index (χ3v) is 4.19. The summed E-state index contributed by atoms with van der Waals surface area (Å²) < 4.78 is 0. The normalized spacial score (nSPS) is 11.8. The summed E-state index contributed by atoms with van der Waals surface area (Å²) in [6, 6.07) is 20.7. The number of hydrogen-bond acceptors (Lipinski definition) is 4. The van der Waals surface area contributed by atoms with Crippen molar-refractivity contribution in [3.8, 4) is 11.3 Å². The van der Waals surface area contributed by atoms with Crippen LogP contribution in [0.5, 0.6) is 0 Å². The zero-order chi connectivity index (χ0) is 17.6. The van der Waals surface area contributed by atoms with Crippen LogP contribution >= 0.6 is 0 Å². The van der Waals surface area contributed by atoms with Crippen LogP contribution in [-0.4, -0.2) is 16.0 Å². The Morgan fingerprint density at radius 2 is 1.68 bits per heavy atom. The Hall–Kier alpha value is -2.88. The van der Waals surface area contributed by atoms with Gasteiger partial charge in [0.15, 0.2) is 0 Å². The molecule has 4 heteroatoms. The molecule has 25 heavy (non-hydrogen) atoms. The van der Waals surface area contributed by atoms with Gasteiger partial charge in [-0.25, -0.2) is 4.98 Å². The van der Waals surface area contributed by atoms with E-state index in [0.29, 0.717) is 12.0 Å². The first-order chi connectivity index (χ1) is 12.2. The summed E-state index contributed by atoms with van der Waals surface area (Å²) in [4.78, 5) is 9.34. The van der Waals surface area contributed by atoms with Gasteiger partial charge < -0.3 is 10.6 Å². The summed E-state index contributed by atoms with van der Waals surface area (Å²) in [5.41, 5.74) is 4.20. The fourth-order valence-corrected chi connectivity index (χ4v) is 2.51. The number of hydrogen-bond donors (Lipinski definition) is 2. The Bertz CT molecular complexity index is 830. The second kappa shape index (κ2) is 7.79. The van der Waals surface area contributed by atoms with E-state index < -0.39 is 0 Å². The predicted octanol–water partition coefficient (Wildman–Crippen LogP) is 5.41. The Morgan fingerprint density at radius 3 is 2.40 bits per heavy atom. The maximum absolute atomic E-state index is 4.69. The van der Waals surface area contributed by atoms with E-state index in [1.165, 1.54) is 5.56 Å². The monoisotopic (exact) mass is 332 g/mol. The number of anilines is 3. The van der Waals surface area contributed by atoms with Crippen molar-refractivity contribution in [1.29, 1.82) is 0 Å². The Labute approximate surface area is 149 Å². The smallest absolute Gasteiger partial charge is 0.225 e.